The van der Waals surface area contributed by atoms with E-state index >= 15 is 0 Å². The molecule has 0 bridgehead atoms. The van der Waals surface area contributed by atoms with Gasteiger partial charge in [-0.15, -0.1) is 0 Å². The minimum absolute atomic E-state index is 0.175. The summed E-state index contributed by atoms with van der Waals surface area (Å²) in [5, 5.41) is 3.99. The van der Waals surface area contributed by atoms with E-state index < -0.39 is 10.0 Å². The van der Waals surface area contributed by atoms with Gasteiger partial charge in [-0.2, -0.15) is 5.10 Å². The fourth-order valence-electron chi connectivity index (χ4n) is 1.89. The summed E-state index contributed by atoms with van der Waals surface area (Å²) in [5.41, 5.74) is 8.06. The maximum absolute atomic E-state index is 12.2. The normalized spacial score (nSPS) is 11.7. The molecule has 1 aromatic heterocycles. The molecule has 108 valence electrons. The molecule has 2 rings (SSSR count). The Hall–Kier alpha value is -1.86. The minimum atomic E-state index is -3.57. The fraction of sp³-hybridized carbons (Fsp3) is 0.308. The molecule has 0 aliphatic carbocycles. The van der Waals surface area contributed by atoms with Crippen molar-refractivity contribution in [3.8, 4) is 0 Å². The van der Waals surface area contributed by atoms with Gasteiger partial charge in [0.05, 0.1) is 17.1 Å². The Morgan fingerprint density at radius 3 is 2.65 bits per heavy atom. The van der Waals surface area contributed by atoms with Crippen LogP contribution >= 0.6 is 0 Å². The Morgan fingerprint density at radius 1 is 1.35 bits per heavy atom. The van der Waals surface area contributed by atoms with Gasteiger partial charge in [-0.1, -0.05) is 13.0 Å². The van der Waals surface area contributed by atoms with Gasteiger partial charge in [-0.3, -0.25) is 4.68 Å². The quantitative estimate of drug-likeness (QED) is 0.806. The van der Waals surface area contributed by atoms with Gasteiger partial charge in [-0.25, -0.2) is 13.1 Å². The number of hydrogen-bond acceptors (Lipinski definition) is 4. The second kappa shape index (κ2) is 5.64. The molecule has 7 heteroatoms. The molecule has 3 N–H and O–H groups in total. The summed E-state index contributed by atoms with van der Waals surface area (Å²) >= 11 is 0. The van der Waals surface area contributed by atoms with Crippen LogP contribution in [0.15, 0.2) is 35.4 Å². The first-order valence-corrected chi connectivity index (χ1v) is 7.77. The van der Waals surface area contributed by atoms with E-state index in [0.717, 1.165) is 17.7 Å². The molecule has 20 heavy (non-hydrogen) atoms. The van der Waals surface area contributed by atoms with Crippen molar-refractivity contribution in [2.75, 3.05) is 5.73 Å². The highest BCUT2D eigenvalue weighted by Gasteiger charge is 2.15. The zero-order valence-electron chi connectivity index (χ0n) is 11.5. The lowest BCUT2D eigenvalue weighted by atomic mass is 10.1. The van der Waals surface area contributed by atoms with Gasteiger partial charge in [0.15, 0.2) is 0 Å². The SMILES string of the molecule is CCc1ccc(S(=O)(=O)NCc2ccnn2C)cc1N. The van der Waals surface area contributed by atoms with Crippen LogP contribution in [0.2, 0.25) is 0 Å². The number of nitrogen functional groups attached to an aromatic ring is 1. The first-order valence-electron chi connectivity index (χ1n) is 6.29. The predicted molar refractivity (Wildman–Crippen MR) is 77.5 cm³/mol. The van der Waals surface area contributed by atoms with Gasteiger partial charge in [0, 0.05) is 18.9 Å². The number of nitrogens with zero attached hydrogens (tertiary/aromatic N) is 2. The van der Waals surface area contributed by atoms with Gasteiger partial charge in [0.25, 0.3) is 0 Å². The second-order valence-electron chi connectivity index (χ2n) is 4.48. The van der Waals surface area contributed by atoms with E-state index in [1.807, 2.05) is 6.92 Å². The number of benzene rings is 1. The lowest BCUT2D eigenvalue weighted by Crippen LogP contribution is -2.24. The van der Waals surface area contributed by atoms with Crippen LogP contribution in [0.4, 0.5) is 5.69 Å². The molecule has 6 nitrogen and oxygen atoms in total. The van der Waals surface area contributed by atoms with Crippen LogP contribution in [-0.4, -0.2) is 18.2 Å². The standard InChI is InChI=1S/C13H18N4O2S/c1-3-10-4-5-12(8-13(10)14)20(18,19)16-9-11-6-7-15-17(11)2/h4-8,16H,3,9,14H2,1-2H3. The van der Waals surface area contributed by atoms with Crippen molar-refractivity contribution in [3.05, 3.63) is 41.7 Å². The number of aryl methyl sites for hydroxylation is 2. The third-order valence-electron chi connectivity index (χ3n) is 3.17. The smallest absolute Gasteiger partial charge is 0.240 e. The van der Waals surface area contributed by atoms with Crippen molar-refractivity contribution in [3.63, 3.8) is 0 Å². The number of anilines is 1. The summed E-state index contributed by atoms with van der Waals surface area (Å²) in [7, 11) is -1.81. The Balaban J connectivity index is 2.18. The van der Waals surface area contributed by atoms with E-state index in [9.17, 15) is 8.42 Å². The van der Waals surface area contributed by atoms with E-state index in [2.05, 4.69) is 9.82 Å². The Kier molecular flexibility index (Phi) is 4.10. The molecule has 0 spiro atoms. The van der Waals surface area contributed by atoms with Crippen molar-refractivity contribution in [1.29, 1.82) is 0 Å². The second-order valence-corrected chi connectivity index (χ2v) is 6.25. The summed E-state index contributed by atoms with van der Waals surface area (Å²) in [5.74, 6) is 0. The van der Waals surface area contributed by atoms with Crippen molar-refractivity contribution < 1.29 is 8.42 Å². The highest BCUT2D eigenvalue weighted by atomic mass is 32.2. The number of sulfonamides is 1. The highest BCUT2D eigenvalue weighted by Crippen LogP contribution is 2.18. The number of nitrogens with two attached hydrogens (primary N) is 1. The van der Waals surface area contributed by atoms with Gasteiger partial charge in [0.2, 0.25) is 10.0 Å². The topological polar surface area (TPSA) is 90.0 Å². The number of aromatic nitrogens is 2. The van der Waals surface area contributed by atoms with Crippen LogP contribution in [0, 0.1) is 0 Å². The zero-order valence-corrected chi connectivity index (χ0v) is 12.3. The molecule has 2 aromatic rings. The minimum Gasteiger partial charge on any atom is -0.398 e. The monoisotopic (exact) mass is 294 g/mol. The summed E-state index contributed by atoms with van der Waals surface area (Å²) < 4.78 is 28.5. The number of nitrogens with one attached hydrogen (secondary N) is 1. The zero-order chi connectivity index (χ0) is 14.8. The molecule has 0 radical (unpaired) electrons. The Bertz CT molecular complexity index is 707. The molecule has 0 unspecified atom stereocenters. The number of rotatable bonds is 5. The average Bonchev–Trinajstić information content (AvgIpc) is 2.82. The first-order chi connectivity index (χ1) is 9.44. The first kappa shape index (κ1) is 14.5. The third-order valence-corrected chi connectivity index (χ3v) is 4.57. The van der Waals surface area contributed by atoms with E-state index in [-0.39, 0.29) is 11.4 Å². The lowest BCUT2D eigenvalue weighted by Gasteiger charge is -2.09. The summed E-state index contributed by atoms with van der Waals surface area (Å²) in [6.45, 7) is 2.16. The lowest BCUT2D eigenvalue weighted by molar-refractivity contribution is 0.577. The van der Waals surface area contributed by atoms with Crippen LogP contribution < -0.4 is 10.5 Å². The van der Waals surface area contributed by atoms with Gasteiger partial charge in [-0.05, 0) is 30.2 Å². The molecule has 0 amide bonds. The molecule has 1 aromatic carbocycles. The van der Waals surface area contributed by atoms with E-state index in [1.165, 1.54) is 6.07 Å². The van der Waals surface area contributed by atoms with E-state index in [1.54, 1.807) is 36.1 Å². The van der Waals surface area contributed by atoms with Crippen LogP contribution in [0.1, 0.15) is 18.2 Å². The molecule has 0 aliphatic heterocycles. The van der Waals surface area contributed by atoms with Crippen molar-refractivity contribution in [1.82, 2.24) is 14.5 Å². The summed E-state index contributed by atoms with van der Waals surface area (Å²) in [6, 6.07) is 6.57. The summed E-state index contributed by atoms with van der Waals surface area (Å²) in [6.07, 6.45) is 2.40. The van der Waals surface area contributed by atoms with E-state index in [4.69, 9.17) is 5.73 Å². The molecule has 0 aliphatic rings. The van der Waals surface area contributed by atoms with Crippen LogP contribution in [0.3, 0.4) is 0 Å². The van der Waals surface area contributed by atoms with Gasteiger partial charge in [0.1, 0.15) is 0 Å². The molecular weight excluding hydrogens is 276 g/mol. The Labute approximate surface area is 118 Å². The van der Waals surface area contributed by atoms with Gasteiger partial charge >= 0.3 is 0 Å². The maximum Gasteiger partial charge on any atom is 0.240 e. The molecule has 0 atom stereocenters. The van der Waals surface area contributed by atoms with Crippen molar-refractivity contribution in [2.24, 2.45) is 7.05 Å². The third kappa shape index (κ3) is 3.00. The number of hydrogen-bond donors (Lipinski definition) is 2. The van der Waals surface area contributed by atoms with E-state index in [0.29, 0.717) is 5.69 Å². The molecule has 0 saturated heterocycles. The molecule has 0 saturated carbocycles. The van der Waals surface area contributed by atoms with Crippen LogP contribution in [-0.2, 0) is 30.0 Å². The van der Waals surface area contributed by atoms with Crippen LogP contribution in [0.25, 0.3) is 0 Å². The molecular formula is C13H18N4O2S. The van der Waals surface area contributed by atoms with Gasteiger partial charge < -0.3 is 5.73 Å². The molecule has 0 fully saturated rings. The van der Waals surface area contributed by atoms with Crippen LogP contribution in [0.5, 0.6) is 0 Å². The average molecular weight is 294 g/mol. The maximum atomic E-state index is 12.2. The largest absolute Gasteiger partial charge is 0.398 e. The highest BCUT2D eigenvalue weighted by molar-refractivity contribution is 7.89. The fourth-order valence-corrected chi connectivity index (χ4v) is 2.92. The summed E-state index contributed by atoms with van der Waals surface area (Å²) in [4.78, 5) is 0.175. The molecule has 1 heterocycles. The predicted octanol–water partition coefficient (Wildman–Crippen LogP) is 1.04. The van der Waals surface area contributed by atoms with Crippen molar-refractivity contribution >= 4 is 15.7 Å². The Morgan fingerprint density at radius 2 is 2.10 bits per heavy atom. The van der Waals surface area contributed by atoms with Crippen molar-refractivity contribution in [2.45, 2.75) is 24.8 Å².